The first-order valence-corrected chi connectivity index (χ1v) is 15.6. The van der Waals surface area contributed by atoms with Crippen molar-refractivity contribution in [2.75, 3.05) is 47.0 Å². The Balaban J connectivity index is 0.000000231. The van der Waals surface area contributed by atoms with Crippen LogP contribution in [0.4, 0.5) is 0 Å². The van der Waals surface area contributed by atoms with E-state index in [1.54, 1.807) is 49.5 Å². The van der Waals surface area contributed by atoms with Gasteiger partial charge in [0.2, 0.25) is 0 Å². The fourth-order valence-corrected chi connectivity index (χ4v) is 6.08. The van der Waals surface area contributed by atoms with Gasteiger partial charge in [-0.1, -0.05) is 34.8 Å². The molecule has 0 atom stereocenters. The van der Waals surface area contributed by atoms with Crippen molar-refractivity contribution in [3.63, 3.8) is 0 Å². The lowest BCUT2D eigenvalue weighted by Crippen LogP contribution is -2.45. The molecule has 2 saturated heterocycles. The average Bonchev–Trinajstić information content (AvgIpc) is 3.09. The molecule has 1 N–H and O–H groups in total. The summed E-state index contributed by atoms with van der Waals surface area (Å²) in [5, 5.41) is 5.00. The standard InChI is InChI=1S/C21H20Cl2N2O3.C13H15ClN2O/c1-24-21(15-3-8-18(23)19(13-15)27-2)9-11-25(12-10-21)20(26)14-28-17-6-4-16(22)5-7-17;1-15-13(5-7-16-8-6-13)10-3-4-11(14)12(9-10)17-2/h3-8,13H,9-12,14H2,2H3;3-4,9,16H,5-8H2,2H3. The highest BCUT2D eigenvalue weighted by Gasteiger charge is 2.44. The van der Waals surface area contributed by atoms with Gasteiger partial charge in [0.1, 0.15) is 17.2 Å². The lowest BCUT2D eigenvalue weighted by molar-refractivity contribution is -0.134. The fourth-order valence-electron chi connectivity index (χ4n) is 5.56. The van der Waals surface area contributed by atoms with Gasteiger partial charge in [0.15, 0.2) is 6.61 Å². The molecule has 3 aromatic rings. The molecule has 0 saturated carbocycles. The van der Waals surface area contributed by atoms with Crippen LogP contribution < -0.4 is 19.5 Å². The molecular weight excluding hydrogens is 635 g/mol. The number of nitrogens with one attached hydrogen (secondary N) is 1. The third kappa shape index (κ3) is 8.14. The Morgan fingerprint density at radius 1 is 0.800 bits per heavy atom. The molecule has 0 unspecified atom stereocenters. The molecular formula is C34H35Cl3N4O4. The van der Waals surface area contributed by atoms with E-state index in [-0.39, 0.29) is 12.5 Å². The van der Waals surface area contributed by atoms with Gasteiger partial charge < -0.3 is 34.1 Å². The number of likely N-dealkylation sites (tertiary alicyclic amines) is 1. The second-order valence-electron chi connectivity index (χ2n) is 10.9. The van der Waals surface area contributed by atoms with E-state index in [1.807, 2.05) is 30.3 Å². The van der Waals surface area contributed by atoms with Crippen LogP contribution >= 0.6 is 34.8 Å². The number of carbonyl (C=O) groups excluding carboxylic acids is 1. The molecule has 8 nitrogen and oxygen atoms in total. The predicted molar refractivity (Wildman–Crippen MR) is 177 cm³/mol. The number of rotatable bonds is 7. The molecule has 236 valence electrons. The fraction of sp³-hybridized carbons (Fsp3) is 0.382. The van der Waals surface area contributed by atoms with Crippen molar-refractivity contribution < 1.29 is 19.0 Å². The van der Waals surface area contributed by atoms with Crippen molar-refractivity contribution in [3.05, 3.63) is 110 Å². The van der Waals surface area contributed by atoms with Crippen LogP contribution in [0.1, 0.15) is 36.8 Å². The number of methoxy groups -OCH3 is 2. The third-order valence-corrected chi connectivity index (χ3v) is 9.23. The highest BCUT2D eigenvalue weighted by atomic mass is 35.5. The molecule has 0 bridgehead atoms. The van der Waals surface area contributed by atoms with E-state index < -0.39 is 11.1 Å². The summed E-state index contributed by atoms with van der Waals surface area (Å²) in [6, 6.07) is 18.0. The van der Waals surface area contributed by atoms with Crippen LogP contribution in [0.15, 0.2) is 60.7 Å². The lowest BCUT2D eigenvalue weighted by Gasteiger charge is -2.34. The maximum Gasteiger partial charge on any atom is 0.261 e. The number of carbonyl (C=O) groups is 1. The normalized spacial score (nSPS) is 16.6. The Labute approximate surface area is 279 Å². The molecule has 5 rings (SSSR count). The van der Waals surface area contributed by atoms with E-state index in [4.69, 9.17) is 62.2 Å². The Bertz CT molecular complexity index is 1560. The van der Waals surface area contributed by atoms with Crippen LogP contribution in [0.25, 0.3) is 9.69 Å². The largest absolute Gasteiger partial charge is 0.495 e. The van der Waals surface area contributed by atoms with Crippen LogP contribution in [-0.2, 0) is 15.9 Å². The van der Waals surface area contributed by atoms with Gasteiger partial charge in [-0.05, 0) is 60.7 Å². The molecule has 0 aliphatic carbocycles. The number of hydrogen-bond acceptors (Lipinski definition) is 5. The van der Waals surface area contributed by atoms with Gasteiger partial charge in [-0.25, -0.2) is 13.1 Å². The SMILES string of the molecule is [C-]#[N+]C1(c2ccc(Cl)c(OC)c2)CCN(C(=O)COc2ccc(Cl)cc2)CC1.[C-]#[N+]C1(c2ccc(Cl)c(OC)c2)CCNCC1. The first-order valence-electron chi connectivity index (χ1n) is 14.5. The number of nitrogens with zero attached hydrogens (tertiary/aromatic N) is 3. The van der Waals surface area contributed by atoms with Crippen LogP contribution in [0.3, 0.4) is 0 Å². The molecule has 0 aromatic heterocycles. The second kappa shape index (κ2) is 15.6. The third-order valence-electron chi connectivity index (χ3n) is 8.35. The summed E-state index contributed by atoms with van der Waals surface area (Å²) < 4.78 is 16.0. The van der Waals surface area contributed by atoms with E-state index >= 15 is 0 Å². The summed E-state index contributed by atoms with van der Waals surface area (Å²) in [4.78, 5) is 22.0. The van der Waals surface area contributed by atoms with Gasteiger partial charge in [-0.15, -0.1) is 0 Å². The van der Waals surface area contributed by atoms with Crippen molar-refractivity contribution in [1.82, 2.24) is 10.2 Å². The number of ether oxygens (including phenoxy) is 3. The molecule has 45 heavy (non-hydrogen) atoms. The molecule has 0 spiro atoms. The van der Waals surface area contributed by atoms with Crippen LogP contribution in [0.2, 0.25) is 15.1 Å². The van der Waals surface area contributed by atoms with E-state index in [9.17, 15) is 4.79 Å². The molecule has 11 heteroatoms. The van der Waals surface area contributed by atoms with E-state index in [0.717, 1.165) is 37.1 Å². The van der Waals surface area contributed by atoms with Gasteiger partial charge in [-0.3, -0.25) is 4.79 Å². The zero-order chi connectivity index (χ0) is 32.5. The molecule has 2 heterocycles. The maximum atomic E-state index is 12.5. The zero-order valence-electron chi connectivity index (χ0n) is 25.2. The number of hydrogen-bond donors (Lipinski definition) is 1. The number of piperidine rings is 2. The summed E-state index contributed by atoms with van der Waals surface area (Å²) >= 11 is 18.0. The van der Waals surface area contributed by atoms with Crippen molar-refractivity contribution >= 4 is 40.7 Å². The summed E-state index contributed by atoms with van der Waals surface area (Å²) in [6.45, 7) is 18.0. The van der Waals surface area contributed by atoms with Crippen molar-refractivity contribution in [1.29, 1.82) is 0 Å². The Kier molecular flexibility index (Phi) is 11.8. The first kappa shape index (κ1) is 34.2. The Morgan fingerprint density at radius 3 is 1.76 bits per heavy atom. The van der Waals surface area contributed by atoms with Crippen molar-refractivity contribution in [2.24, 2.45) is 0 Å². The molecule has 2 aliphatic heterocycles. The Hall–Kier alpha value is -3.66. The summed E-state index contributed by atoms with van der Waals surface area (Å²) in [5.41, 5.74) is 0.790. The van der Waals surface area contributed by atoms with Crippen molar-refractivity contribution in [2.45, 2.75) is 36.8 Å². The molecule has 1 amide bonds. The van der Waals surface area contributed by atoms with Gasteiger partial charge in [0, 0.05) is 68.0 Å². The summed E-state index contributed by atoms with van der Waals surface area (Å²) in [7, 11) is 3.15. The van der Waals surface area contributed by atoms with Crippen LogP contribution in [0, 0.1) is 13.1 Å². The minimum absolute atomic E-state index is 0.0403. The van der Waals surface area contributed by atoms with E-state index in [0.29, 0.717) is 58.2 Å². The van der Waals surface area contributed by atoms with Gasteiger partial charge in [-0.2, -0.15) is 0 Å². The Morgan fingerprint density at radius 2 is 1.29 bits per heavy atom. The molecule has 3 aromatic carbocycles. The van der Waals surface area contributed by atoms with E-state index in [2.05, 4.69) is 15.0 Å². The summed E-state index contributed by atoms with van der Waals surface area (Å²) in [5.74, 6) is 1.70. The van der Waals surface area contributed by atoms with E-state index in [1.165, 1.54) is 0 Å². The average molecular weight is 670 g/mol. The quantitative estimate of drug-likeness (QED) is 0.262. The van der Waals surface area contributed by atoms with Gasteiger partial charge in [0.05, 0.1) is 24.3 Å². The molecule has 0 radical (unpaired) electrons. The molecule has 2 fully saturated rings. The summed E-state index contributed by atoms with van der Waals surface area (Å²) in [6.07, 6.45) is 2.77. The van der Waals surface area contributed by atoms with Crippen LogP contribution in [-0.4, -0.2) is 57.8 Å². The number of halogens is 3. The van der Waals surface area contributed by atoms with Gasteiger partial charge >= 0.3 is 0 Å². The van der Waals surface area contributed by atoms with Gasteiger partial charge in [0.25, 0.3) is 17.0 Å². The predicted octanol–water partition coefficient (Wildman–Crippen LogP) is 7.66. The van der Waals surface area contributed by atoms with Crippen LogP contribution in [0.5, 0.6) is 17.2 Å². The maximum absolute atomic E-state index is 12.5. The second-order valence-corrected chi connectivity index (χ2v) is 12.1. The lowest BCUT2D eigenvalue weighted by atomic mass is 9.81. The topological polar surface area (TPSA) is 68.8 Å². The van der Waals surface area contributed by atoms with Crippen molar-refractivity contribution in [3.8, 4) is 17.2 Å². The zero-order valence-corrected chi connectivity index (χ0v) is 27.5. The monoisotopic (exact) mass is 668 g/mol. The smallest absolute Gasteiger partial charge is 0.261 e. The number of amides is 1. The highest BCUT2D eigenvalue weighted by Crippen LogP contribution is 2.40. The number of benzene rings is 3. The highest BCUT2D eigenvalue weighted by molar-refractivity contribution is 6.32. The molecule has 2 aliphatic rings. The first-order chi connectivity index (χ1) is 21.7. The minimum Gasteiger partial charge on any atom is -0.495 e. The minimum atomic E-state index is -0.675.